The van der Waals surface area contributed by atoms with Gasteiger partial charge >= 0.3 is 0 Å². The molecule has 1 heterocycles. The molecule has 6 heteroatoms. The second-order valence-corrected chi connectivity index (χ2v) is 6.47. The largest absolute Gasteiger partial charge is 0.309 e. The van der Waals surface area contributed by atoms with Crippen molar-refractivity contribution in [1.82, 2.24) is 4.98 Å². The number of hydrogen-bond donors (Lipinski definition) is 2. The van der Waals surface area contributed by atoms with E-state index in [-0.39, 0.29) is 11.7 Å². The van der Waals surface area contributed by atoms with Crippen LogP contribution in [0, 0.1) is 27.5 Å². The van der Waals surface area contributed by atoms with Crippen LogP contribution in [0.25, 0.3) is 11.1 Å². The maximum Gasteiger partial charge on any atom is 0.123 e. The number of pyridine rings is 1. The summed E-state index contributed by atoms with van der Waals surface area (Å²) in [7, 11) is 0. The summed E-state index contributed by atoms with van der Waals surface area (Å²) >= 11 is 0. The molecular formula is C19H19FN4O. The van der Waals surface area contributed by atoms with Crippen LogP contribution < -0.4 is 0 Å². The molecule has 2 aromatic rings. The third kappa shape index (κ3) is 3.38. The van der Waals surface area contributed by atoms with Crippen LogP contribution in [0.5, 0.6) is 0 Å². The van der Waals surface area contributed by atoms with Gasteiger partial charge in [0.25, 0.3) is 0 Å². The molecule has 1 aromatic heterocycles. The van der Waals surface area contributed by atoms with Crippen LogP contribution in [-0.4, -0.2) is 22.4 Å². The van der Waals surface area contributed by atoms with Gasteiger partial charge in [0.05, 0.1) is 5.92 Å². The summed E-state index contributed by atoms with van der Waals surface area (Å²) in [4.78, 5) is 15.4. The normalized spacial score (nSPS) is 23.3. The molecule has 3 rings (SSSR count). The van der Waals surface area contributed by atoms with Crippen molar-refractivity contribution in [3.8, 4) is 11.1 Å². The van der Waals surface area contributed by atoms with Crippen molar-refractivity contribution in [2.45, 2.75) is 31.7 Å². The number of benzene rings is 1. The van der Waals surface area contributed by atoms with E-state index < -0.39 is 12.0 Å². The number of nitroso groups, excluding NO2 is 1. The summed E-state index contributed by atoms with van der Waals surface area (Å²) in [5.41, 5.74) is 3.04. The minimum absolute atomic E-state index is 0.110. The van der Waals surface area contributed by atoms with Crippen molar-refractivity contribution in [3.63, 3.8) is 0 Å². The Kier molecular flexibility index (Phi) is 4.79. The second-order valence-electron chi connectivity index (χ2n) is 6.47. The Morgan fingerprint density at radius 3 is 2.80 bits per heavy atom. The number of halogens is 1. The zero-order valence-electron chi connectivity index (χ0n) is 13.9. The van der Waals surface area contributed by atoms with Gasteiger partial charge in [0.2, 0.25) is 0 Å². The summed E-state index contributed by atoms with van der Waals surface area (Å²) < 4.78 is 13.8. The van der Waals surface area contributed by atoms with Gasteiger partial charge in [-0.05, 0) is 55.0 Å². The number of nitrogens with one attached hydrogen (secondary N) is 2. The maximum absolute atomic E-state index is 13.8. The Labute approximate surface area is 145 Å². The number of aromatic nitrogens is 1. The van der Waals surface area contributed by atoms with Crippen molar-refractivity contribution in [2.24, 2.45) is 11.1 Å². The minimum Gasteiger partial charge on any atom is -0.309 e. The summed E-state index contributed by atoms with van der Waals surface area (Å²) in [6, 6.07) is 7.60. The topological polar surface area (TPSA) is 90.0 Å². The molecule has 0 spiro atoms. The monoisotopic (exact) mass is 338 g/mol. The summed E-state index contributed by atoms with van der Waals surface area (Å²) in [6.45, 7) is 1.61. The highest BCUT2D eigenvalue weighted by molar-refractivity contribution is 6.05. The number of hydrogen-bond acceptors (Lipinski definition) is 5. The predicted octanol–water partition coefficient (Wildman–Crippen LogP) is 4.58. The van der Waals surface area contributed by atoms with Gasteiger partial charge in [0.15, 0.2) is 0 Å². The first kappa shape index (κ1) is 17.1. The van der Waals surface area contributed by atoms with Gasteiger partial charge in [0.1, 0.15) is 11.9 Å². The van der Waals surface area contributed by atoms with Crippen molar-refractivity contribution in [2.75, 3.05) is 0 Å². The zero-order valence-corrected chi connectivity index (χ0v) is 13.9. The highest BCUT2D eigenvalue weighted by Gasteiger charge is 2.38. The van der Waals surface area contributed by atoms with Crippen molar-refractivity contribution < 1.29 is 4.39 Å². The Bertz CT molecular complexity index is 821. The molecule has 1 aromatic carbocycles. The molecule has 0 amide bonds. The van der Waals surface area contributed by atoms with Crippen LogP contribution in [0.15, 0.2) is 47.9 Å². The standard InChI is InChI=1S/C19H19FN4O/c1-11(21)19-17(22)7-13(8-18(19)24-25)15-5-4-14(20)9-16(15)12-3-2-6-23-10-12/h2-6,9-10,13,18-19,21-22H,7-8H2,1H3. The van der Waals surface area contributed by atoms with Crippen molar-refractivity contribution in [3.05, 3.63) is 59.0 Å². The molecule has 0 aliphatic heterocycles. The number of rotatable bonds is 4. The number of nitrogens with zero attached hydrogens (tertiary/aromatic N) is 2. The maximum atomic E-state index is 13.8. The van der Waals surface area contributed by atoms with E-state index in [1.165, 1.54) is 12.1 Å². The van der Waals surface area contributed by atoms with Gasteiger partial charge in [-0.2, -0.15) is 4.91 Å². The Hall–Kier alpha value is -2.76. The summed E-state index contributed by atoms with van der Waals surface area (Å²) in [5.74, 6) is -0.968. The van der Waals surface area contributed by atoms with Crippen molar-refractivity contribution in [1.29, 1.82) is 10.8 Å². The van der Waals surface area contributed by atoms with Crippen LogP contribution in [-0.2, 0) is 0 Å². The van der Waals surface area contributed by atoms with E-state index in [9.17, 15) is 9.30 Å². The fourth-order valence-electron chi connectivity index (χ4n) is 3.68. The molecule has 3 atom stereocenters. The van der Waals surface area contributed by atoms with Gasteiger partial charge < -0.3 is 10.8 Å². The average Bonchev–Trinajstić information content (AvgIpc) is 2.61. The van der Waals surface area contributed by atoms with E-state index >= 15 is 0 Å². The van der Waals surface area contributed by atoms with Crippen LogP contribution in [0.4, 0.5) is 4.39 Å². The highest BCUT2D eigenvalue weighted by atomic mass is 19.1. The van der Waals surface area contributed by atoms with E-state index in [2.05, 4.69) is 10.2 Å². The lowest BCUT2D eigenvalue weighted by Gasteiger charge is -2.33. The quantitative estimate of drug-likeness (QED) is 0.631. The lowest BCUT2D eigenvalue weighted by Crippen LogP contribution is -2.38. The third-order valence-electron chi connectivity index (χ3n) is 4.78. The van der Waals surface area contributed by atoms with Crippen LogP contribution in [0.1, 0.15) is 31.2 Å². The first-order valence-electron chi connectivity index (χ1n) is 8.16. The predicted molar refractivity (Wildman–Crippen MR) is 95.8 cm³/mol. The Morgan fingerprint density at radius 1 is 1.36 bits per heavy atom. The average molecular weight is 338 g/mol. The third-order valence-corrected chi connectivity index (χ3v) is 4.78. The molecule has 1 saturated carbocycles. The van der Waals surface area contributed by atoms with Gasteiger partial charge in [-0.1, -0.05) is 17.3 Å². The van der Waals surface area contributed by atoms with E-state index in [0.717, 1.165) is 16.7 Å². The smallest absolute Gasteiger partial charge is 0.123 e. The summed E-state index contributed by atoms with van der Waals surface area (Å²) in [6.07, 6.45) is 4.21. The molecule has 0 saturated heterocycles. The molecule has 128 valence electrons. The molecule has 2 N–H and O–H groups in total. The van der Waals surface area contributed by atoms with Crippen molar-refractivity contribution >= 4 is 11.4 Å². The van der Waals surface area contributed by atoms with Gasteiger partial charge in [-0.3, -0.25) is 4.98 Å². The zero-order chi connectivity index (χ0) is 18.0. The molecule has 25 heavy (non-hydrogen) atoms. The molecular weight excluding hydrogens is 319 g/mol. The molecule has 3 unspecified atom stereocenters. The lowest BCUT2D eigenvalue weighted by atomic mass is 9.72. The molecule has 1 aliphatic rings. The Balaban J connectivity index is 2.01. The molecule has 5 nitrogen and oxygen atoms in total. The van der Waals surface area contributed by atoms with E-state index in [4.69, 9.17) is 10.8 Å². The minimum atomic E-state index is -0.629. The molecule has 1 fully saturated rings. The van der Waals surface area contributed by atoms with Crippen LogP contribution >= 0.6 is 0 Å². The molecule has 1 aliphatic carbocycles. The van der Waals surface area contributed by atoms with Gasteiger partial charge in [-0.25, -0.2) is 4.39 Å². The Morgan fingerprint density at radius 2 is 2.16 bits per heavy atom. The first-order chi connectivity index (χ1) is 12.0. The van der Waals surface area contributed by atoms with E-state index in [0.29, 0.717) is 24.3 Å². The second kappa shape index (κ2) is 7.01. The fourth-order valence-corrected chi connectivity index (χ4v) is 3.68. The SMILES string of the molecule is CC(=N)C1C(=N)CC(c2ccc(F)cc2-c2cccnc2)CC1N=O. The lowest BCUT2D eigenvalue weighted by molar-refractivity contribution is 0.466. The van der Waals surface area contributed by atoms with E-state index in [1.807, 2.05) is 6.07 Å². The van der Waals surface area contributed by atoms with Crippen LogP contribution in [0.3, 0.4) is 0 Å². The van der Waals surface area contributed by atoms with Gasteiger partial charge in [0, 0.05) is 29.4 Å². The van der Waals surface area contributed by atoms with Crippen LogP contribution in [0.2, 0.25) is 0 Å². The van der Waals surface area contributed by atoms with E-state index in [1.54, 1.807) is 31.5 Å². The highest BCUT2D eigenvalue weighted by Crippen LogP contribution is 2.40. The first-order valence-corrected chi connectivity index (χ1v) is 8.16. The van der Waals surface area contributed by atoms with Gasteiger partial charge in [-0.15, -0.1) is 0 Å². The molecule has 0 bridgehead atoms. The molecule has 0 radical (unpaired) electrons. The summed E-state index contributed by atoms with van der Waals surface area (Å²) in [5, 5.41) is 19.3. The fraction of sp³-hybridized carbons (Fsp3) is 0.316.